The lowest BCUT2D eigenvalue weighted by Gasteiger charge is -2.36. The van der Waals surface area contributed by atoms with Crippen molar-refractivity contribution in [3.8, 4) is 0 Å². The zero-order chi connectivity index (χ0) is 12.2. The first-order valence-electron chi connectivity index (χ1n) is 6.57. The van der Waals surface area contributed by atoms with Crippen molar-refractivity contribution in [1.82, 2.24) is 10.2 Å². The maximum Gasteiger partial charge on any atom is 0.0869 e. The molecule has 1 saturated heterocycles. The third kappa shape index (κ3) is 5.28. The van der Waals surface area contributed by atoms with E-state index >= 15 is 0 Å². The van der Waals surface area contributed by atoms with Crippen molar-refractivity contribution in [3.63, 3.8) is 0 Å². The highest BCUT2D eigenvalue weighted by molar-refractivity contribution is 4.83. The number of hydrogen-bond donors (Lipinski definition) is 2. The van der Waals surface area contributed by atoms with Crippen LogP contribution >= 0.6 is 0 Å². The standard InChI is InChI=1S/C13H28N2O/c1-11(2)14-9-13(4,16)10-15-7-5-6-12(3)8-15/h11-12,14,16H,5-10H2,1-4H3. The zero-order valence-electron chi connectivity index (χ0n) is 11.3. The van der Waals surface area contributed by atoms with Crippen molar-refractivity contribution in [1.29, 1.82) is 0 Å². The second-order valence-electron chi connectivity index (χ2n) is 6.02. The monoisotopic (exact) mass is 228 g/mol. The van der Waals surface area contributed by atoms with Gasteiger partial charge in [0, 0.05) is 25.7 Å². The molecule has 0 aromatic heterocycles. The molecule has 0 aromatic carbocycles. The third-order valence-corrected chi connectivity index (χ3v) is 3.20. The van der Waals surface area contributed by atoms with Crippen molar-refractivity contribution >= 4 is 0 Å². The average molecular weight is 228 g/mol. The lowest BCUT2D eigenvalue weighted by molar-refractivity contribution is 0.00762. The molecule has 1 fully saturated rings. The zero-order valence-corrected chi connectivity index (χ0v) is 11.3. The van der Waals surface area contributed by atoms with Crippen molar-refractivity contribution in [3.05, 3.63) is 0 Å². The molecule has 2 atom stereocenters. The van der Waals surface area contributed by atoms with Crippen molar-refractivity contribution in [2.24, 2.45) is 5.92 Å². The Morgan fingerprint density at radius 2 is 2.19 bits per heavy atom. The molecule has 16 heavy (non-hydrogen) atoms. The van der Waals surface area contributed by atoms with Crippen LogP contribution < -0.4 is 5.32 Å². The van der Waals surface area contributed by atoms with Crippen molar-refractivity contribution in [2.45, 2.75) is 52.2 Å². The number of nitrogens with zero attached hydrogens (tertiary/aromatic N) is 1. The van der Waals surface area contributed by atoms with Crippen LogP contribution in [0.5, 0.6) is 0 Å². The Kier molecular flexibility index (Phi) is 5.22. The third-order valence-electron chi connectivity index (χ3n) is 3.20. The molecular weight excluding hydrogens is 200 g/mol. The molecule has 0 aliphatic carbocycles. The second kappa shape index (κ2) is 5.99. The Hall–Kier alpha value is -0.120. The fourth-order valence-electron chi connectivity index (χ4n) is 2.39. The van der Waals surface area contributed by atoms with Crippen molar-refractivity contribution in [2.75, 3.05) is 26.2 Å². The van der Waals surface area contributed by atoms with Gasteiger partial charge in [0.05, 0.1) is 5.60 Å². The van der Waals surface area contributed by atoms with Gasteiger partial charge in [0.2, 0.25) is 0 Å². The predicted octanol–water partition coefficient (Wildman–Crippen LogP) is 1.47. The molecule has 0 radical (unpaired) electrons. The summed E-state index contributed by atoms with van der Waals surface area (Å²) < 4.78 is 0. The fourth-order valence-corrected chi connectivity index (χ4v) is 2.39. The van der Waals surface area contributed by atoms with Crippen molar-refractivity contribution < 1.29 is 5.11 Å². The molecular formula is C13H28N2O. The Morgan fingerprint density at radius 3 is 2.75 bits per heavy atom. The van der Waals surface area contributed by atoms with Gasteiger partial charge in [-0.2, -0.15) is 0 Å². The normalized spacial score (nSPS) is 27.0. The van der Waals surface area contributed by atoms with Gasteiger partial charge in [-0.1, -0.05) is 20.8 Å². The van der Waals surface area contributed by atoms with Crippen LogP contribution in [-0.2, 0) is 0 Å². The van der Waals surface area contributed by atoms with E-state index in [1.54, 1.807) is 0 Å². The van der Waals surface area contributed by atoms with Crippen LogP contribution in [0.2, 0.25) is 0 Å². The Morgan fingerprint density at radius 1 is 1.50 bits per heavy atom. The summed E-state index contributed by atoms with van der Waals surface area (Å²) in [5.74, 6) is 0.780. The molecule has 2 unspecified atom stereocenters. The van der Waals surface area contributed by atoms with E-state index in [0.717, 1.165) is 25.6 Å². The maximum atomic E-state index is 10.3. The van der Waals surface area contributed by atoms with Crippen LogP contribution in [0, 0.1) is 5.92 Å². The smallest absolute Gasteiger partial charge is 0.0869 e. The number of likely N-dealkylation sites (tertiary alicyclic amines) is 1. The van der Waals surface area contributed by atoms with E-state index in [1.807, 2.05) is 6.92 Å². The molecule has 1 heterocycles. The van der Waals surface area contributed by atoms with E-state index in [2.05, 4.69) is 31.0 Å². The first kappa shape index (κ1) is 13.9. The van der Waals surface area contributed by atoms with Crippen LogP contribution in [0.25, 0.3) is 0 Å². The van der Waals surface area contributed by atoms with Gasteiger partial charge in [0.1, 0.15) is 0 Å². The van der Waals surface area contributed by atoms with E-state index < -0.39 is 5.60 Å². The first-order chi connectivity index (χ1) is 7.39. The highest BCUT2D eigenvalue weighted by atomic mass is 16.3. The number of hydrogen-bond acceptors (Lipinski definition) is 3. The van der Waals surface area contributed by atoms with E-state index in [1.165, 1.54) is 12.8 Å². The largest absolute Gasteiger partial charge is 0.388 e. The Labute approximate surface area is 100 Å². The number of rotatable bonds is 5. The van der Waals surface area contributed by atoms with Gasteiger partial charge in [-0.25, -0.2) is 0 Å². The van der Waals surface area contributed by atoms with Gasteiger partial charge < -0.3 is 15.3 Å². The Balaban J connectivity index is 2.32. The number of nitrogens with one attached hydrogen (secondary N) is 1. The molecule has 0 saturated carbocycles. The van der Waals surface area contributed by atoms with Crippen LogP contribution in [0.4, 0.5) is 0 Å². The van der Waals surface area contributed by atoms with Gasteiger partial charge in [0.25, 0.3) is 0 Å². The molecule has 1 aliphatic heterocycles. The quantitative estimate of drug-likeness (QED) is 0.748. The highest BCUT2D eigenvalue weighted by Gasteiger charge is 2.26. The van der Waals surface area contributed by atoms with Crippen LogP contribution in [0.15, 0.2) is 0 Å². The summed E-state index contributed by atoms with van der Waals surface area (Å²) in [7, 11) is 0. The second-order valence-corrected chi connectivity index (χ2v) is 6.02. The molecule has 0 amide bonds. The minimum absolute atomic E-state index is 0.437. The first-order valence-corrected chi connectivity index (χ1v) is 6.57. The number of piperidine rings is 1. The summed E-state index contributed by atoms with van der Waals surface area (Å²) in [5, 5.41) is 13.6. The Bertz CT molecular complexity index is 204. The molecule has 1 aliphatic rings. The number of β-amino-alcohol motifs (C(OH)–C–C–N with tert-alkyl or cyclic N) is 1. The van der Waals surface area contributed by atoms with Crippen LogP contribution in [0.3, 0.4) is 0 Å². The maximum absolute atomic E-state index is 10.3. The van der Waals surface area contributed by atoms with E-state index in [9.17, 15) is 5.11 Å². The molecule has 3 nitrogen and oxygen atoms in total. The van der Waals surface area contributed by atoms with Gasteiger partial charge in [0.15, 0.2) is 0 Å². The van der Waals surface area contributed by atoms with Gasteiger partial charge in [-0.3, -0.25) is 0 Å². The topological polar surface area (TPSA) is 35.5 Å². The van der Waals surface area contributed by atoms with Crippen LogP contribution in [-0.4, -0.2) is 47.8 Å². The number of aliphatic hydroxyl groups is 1. The summed E-state index contributed by atoms with van der Waals surface area (Å²) in [4.78, 5) is 2.40. The minimum Gasteiger partial charge on any atom is -0.388 e. The summed E-state index contributed by atoms with van der Waals surface area (Å²) >= 11 is 0. The van der Waals surface area contributed by atoms with Gasteiger partial charge >= 0.3 is 0 Å². The molecule has 0 bridgehead atoms. The highest BCUT2D eigenvalue weighted by Crippen LogP contribution is 2.17. The van der Waals surface area contributed by atoms with E-state index in [0.29, 0.717) is 12.6 Å². The average Bonchev–Trinajstić information content (AvgIpc) is 2.14. The van der Waals surface area contributed by atoms with E-state index in [4.69, 9.17) is 0 Å². The molecule has 2 N–H and O–H groups in total. The minimum atomic E-state index is -0.610. The lowest BCUT2D eigenvalue weighted by Crippen LogP contribution is -2.50. The molecule has 0 spiro atoms. The summed E-state index contributed by atoms with van der Waals surface area (Å²) in [6.07, 6.45) is 2.61. The predicted molar refractivity (Wildman–Crippen MR) is 68.6 cm³/mol. The summed E-state index contributed by atoms with van der Waals surface area (Å²) in [5.41, 5.74) is -0.610. The molecule has 96 valence electrons. The molecule has 1 rings (SSSR count). The van der Waals surface area contributed by atoms with Crippen LogP contribution in [0.1, 0.15) is 40.5 Å². The van der Waals surface area contributed by atoms with Gasteiger partial charge in [-0.05, 0) is 32.2 Å². The molecule has 3 heteroatoms. The van der Waals surface area contributed by atoms with Gasteiger partial charge in [-0.15, -0.1) is 0 Å². The summed E-state index contributed by atoms with van der Waals surface area (Å²) in [6.45, 7) is 12.2. The molecule has 0 aromatic rings. The fraction of sp³-hybridized carbons (Fsp3) is 1.00. The van der Waals surface area contributed by atoms with E-state index in [-0.39, 0.29) is 0 Å². The SMILES string of the molecule is CC1CCCN(CC(C)(O)CNC(C)C)C1. The summed E-state index contributed by atoms with van der Waals surface area (Å²) in [6, 6.07) is 0.437. The lowest BCUT2D eigenvalue weighted by atomic mass is 9.98.